The number of carbonyl (C=O) groups excluding carboxylic acids is 2. The fourth-order valence-electron chi connectivity index (χ4n) is 2.65. The highest BCUT2D eigenvalue weighted by molar-refractivity contribution is 8.01. The van der Waals surface area contributed by atoms with E-state index < -0.39 is 39.7 Å². The molecule has 2 amide bonds. The zero-order chi connectivity index (χ0) is 14.6. The first kappa shape index (κ1) is 14.1. The summed E-state index contributed by atoms with van der Waals surface area (Å²) in [5.41, 5.74) is -1.45. The van der Waals surface area contributed by atoms with Crippen LogP contribution in [-0.4, -0.2) is 56.8 Å². The summed E-state index contributed by atoms with van der Waals surface area (Å²) in [4.78, 5) is 36.1. The number of thioether (sulfide) groups is 1. The Hall–Kier alpha value is -1.28. The molecule has 0 unspecified atom stereocenters. The van der Waals surface area contributed by atoms with E-state index in [9.17, 15) is 19.5 Å². The molecule has 19 heavy (non-hydrogen) atoms. The molecule has 2 rings (SSSR count). The van der Waals surface area contributed by atoms with Gasteiger partial charge in [-0.1, -0.05) is 0 Å². The zero-order valence-corrected chi connectivity index (χ0v) is 11.9. The maximum atomic E-state index is 12.2. The molecule has 0 bridgehead atoms. The van der Waals surface area contributed by atoms with Crippen LogP contribution in [0.15, 0.2) is 0 Å². The Labute approximate surface area is 114 Å². The van der Waals surface area contributed by atoms with Crippen molar-refractivity contribution in [2.24, 2.45) is 0 Å². The van der Waals surface area contributed by atoms with Gasteiger partial charge in [0.05, 0.1) is 0 Å². The van der Waals surface area contributed by atoms with Crippen LogP contribution in [0, 0.1) is 0 Å². The van der Waals surface area contributed by atoms with Crippen LogP contribution in [0.25, 0.3) is 0 Å². The minimum Gasteiger partial charge on any atom is -0.480 e. The molecule has 0 spiro atoms. The smallest absolute Gasteiger partial charge is 0.327 e. The number of β-lactam (4-membered cyclic amide) rings is 1. The molecule has 0 aromatic rings. The van der Waals surface area contributed by atoms with E-state index in [0.29, 0.717) is 0 Å². The van der Waals surface area contributed by atoms with Gasteiger partial charge >= 0.3 is 5.97 Å². The zero-order valence-electron chi connectivity index (χ0n) is 11.1. The van der Waals surface area contributed by atoms with E-state index in [-0.39, 0.29) is 0 Å². The molecule has 2 aliphatic rings. The fourth-order valence-corrected chi connectivity index (χ4v) is 4.32. The third-order valence-electron chi connectivity index (χ3n) is 3.42. The number of ether oxygens (including phenoxy) is 1. The SMILES string of the molecule is CO[C@]1(NC(C)=O)C(=O)N2[C@@H](C(=O)O)C(C)(C)S[C@@H]21. The minimum atomic E-state index is -1.45. The average molecular weight is 288 g/mol. The van der Waals surface area contributed by atoms with Crippen LogP contribution in [0.1, 0.15) is 20.8 Å². The van der Waals surface area contributed by atoms with E-state index in [2.05, 4.69) is 5.32 Å². The van der Waals surface area contributed by atoms with Crippen LogP contribution < -0.4 is 5.32 Å². The number of nitrogens with one attached hydrogen (secondary N) is 1. The van der Waals surface area contributed by atoms with Gasteiger partial charge in [-0.05, 0) is 13.8 Å². The number of nitrogens with zero attached hydrogens (tertiary/aromatic N) is 1. The van der Waals surface area contributed by atoms with Crippen molar-refractivity contribution in [2.45, 2.75) is 42.7 Å². The van der Waals surface area contributed by atoms with E-state index in [4.69, 9.17) is 4.74 Å². The van der Waals surface area contributed by atoms with Crippen molar-refractivity contribution in [1.29, 1.82) is 0 Å². The van der Waals surface area contributed by atoms with Crippen molar-refractivity contribution < 1.29 is 24.2 Å². The highest BCUT2D eigenvalue weighted by Crippen LogP contribution is 2.54. The van der Waals surface area contributed by atoms with E-state index in [1.165, 1.54) is 30.7 Å². The van der Waals surface area contributed by atoms with Crippen LogP contribution in [0.5, 0.6) is 0 Å². The summed E-state index contributed by atoms with van der Waals surface area (Å²) in [6, 6.07) is -0.924. The van der Waals surface area contributed by atoms with Crippen molar-refractivity contribution in [3.63, 3.8) is 0 Å². The topological polar surface area (TPSA) is 95.9 Å². The Morgan fingerprint density at radius 3 is 2.47 bits per heavy atom. The Morgan fingerprint density at radius 1 is 1.47 bits per heavy atom. The lowest BCUT2D eigenvalue weighted by molar-refractivity contribution is -0.200. The van der Waals surface area contributed by atoms with E-state index >= 15 is 0 Å². The Balaban J connectivity index is 2.36. The quantitative estimate of drug-likeness (QED) is 0.542. The highest BCUT2D eigenvalue weighted by atomic mass is 32.2. The summed E-state index contributed by atoms with van der Waals surface area (Å²) < 4.78 is 4.55. The summed E-state index contributed by atoms with van der Waals surface area (Å²) in [6.45, 7) is 4.81. The van der Waals surface area contributed by atoms with Crippen LogP contribution in [-0.2, 0) is 19.1 Å². The van der Waals surface area contributed by atoms with Gasteiger partial charge < -0.3 is 20.1 Å². The first-order valence-electron chi connectivity index (χ1n) is 5.74. The number of hydrogen-bond donors (Lipinski definition) is 2. The van der Waals surface area contributed by atoms with Gasteiger partial charge in [0.1, 0.15) is 11.4 Å². The number of amides is 2. The van der Waals surface area contributed by atoms with Gasteiger partial charge in [0, 0.05) is 18.8 Å². The van der Waals surface area contributed by atoms with E-state index in [1.54, 1.807) is 13.8 Å². The molecule has 0 aliphatic carbocycles. The molecular weight excluding hydrogens is 272 g/mol. The second kappa shape index (κ2) is 4.11. The number of carbonyl (C=O) groups is 3. The molecule has 0 saturated carbocycles. The third-order valence-corrected chi connectivity index (χ3v) is 5.04. The maximum absolute atomic E-state index is 12.2. The molecule has 2 heterocycles. The summed E-state index contributed by atoms with van der Waals surface area (Å²) in [6.07, 6.45) is 0. The standard InChI is InChI=1S/C11H16N2O5S/c1-5(14)12-11(18-4)8(17)13-6(7(15)16)10(2,3)19-9(11)13/h6,9H,1-4H3,(H,12,14)(H,15,16)/t6-,9+,11+/m0/s1. The van der Waals surface area contributed by atoms with Gasteiger partial charge in [-0.15, -0.1) is 11.8 Å². The van der Waals surface area contributed by atoms with Crippen molar-refractivity contribution in [2.75, 3.05) is 7.11 Å². The first-order valence-corrected chi connectivity index (χ1v) is 6.62. The van der Waals surface area contributed by atoms with E-state index in [0.717, 1.165) is 0 Å². The summed E-state index contributed by atoms with van der Waals surface area (Å²) in [5.74, 6) is -1.96. The molecule has 2 fully saturated rings. The van der Waals surface area contributed by atoms with Gasteiger partial charge in [-0.25, -0.2) is 4.79 Å². The van der Waals surface area contributed by atoms with Crippen molar-refractivity contribution in [3.05, 3.63) is 0 Å². The minimum absolute atomic E-state index is 0.396. The van der Waals surface area contributed by atoms with Crippen molar-refractivity contribution >= 4 is 29.5 Å². The summed E-state index contributed by atoms with van der Waals surface area (Å²) in [5, 5.41) is 11.2. The maximum Gasteiger partial charge on any atom is 0.327 e. The molecule has 8 heteroatoms. The van der Waals surface area contributed by atoms with Gasteiger partial charge in [-0.2, -0.15) is 0 Å². The third kappa shape index (κ3) is 1.73. The number of aliphatic carboxylic acids is 1. The largest absolute Gasteiger partial charge is 0.480 e. The van der Waals surface area contributed by atoms with Crippen LogP contribution in [0.2, 0.25) is 0 Å². The predicted octanol–water partition coefficient (Wildman–Crippen LogP) is -0.388. The number of methoxy groups -OCH3 is 1. The number of carboxylic acid groups (broad SMARTS) is 1. The molecule has 7 nitrogen and oxygen atoms in total. The normalized spacial score (nSPS) is 35.6. The fraction of sp³-hybridized carbons (Fsp3) is 0.727. The van der Waals surface area contributed by atoms with E-state index in [1.807, 2.05) is 0 Å². The molecule has 0 radical (unpaired) electrons. The average Bonchev–Trinajstić information content (AvgIpc) is 2.55. The molecule has 2 N–H and O–H groups in total. The molecule has 2 saturated heterocycles. The molecule has 0 aromatic heterocycles. The second-order valence-electron chi connectivity index (χ2n) is 5.15. The van der Waals surface area contributed by atoms with Gasteiger partial charge in [0.25, 0.3) is 11.6 Å². The monoisotopic (exact) mass is 288 g/mol. The molecule has 0 aromatic carbocycles. The Morgan fingerprint density at radius 2 is 2.05 bits per heavy atom. The highest BCUT2D eigenvalue weighted by Gasteiger charge is 2.72. The number of carboxylic acids is 1. The second-order valence-corrected chi connectivity index (χ2v) is 6.88. The summed E-state index contributed by atoms with van der Waals surface area (Å²) in [7, 11) is 1.33. The van der Waals surface area contributed by atoms with Crippen molar-refractivity contribution in [1.82, 2.24) is 10.2 Å². The Bertz CT molecular complexity index is 466. The van der Waals surface area contributed by atoms with Gasteiger partial charge in [-0.3, -0.25) is 9.59 Å². The lowest BCUT2D eigenvalue weighted by Crippen LogP contribution is -2.80. The molecule has 3 atom stereocenters. The predicted molar refractivity (Wildman–Crippen MR) is 67.3 cm³/mol. The summed E-state index contributed by atoms with van der Waals surface area (Å²) >= 11 is 1.32. The molecule has 106 valence electrons. The van der Waals surface area contributed by atoms with Crippen LogP contribution >= 0.6 is 11.8 Å². The van der Waals surface area contributed by atoms with Crippen LogP contribution in [0.4, 0.5) is 0 Å². The van der Waals surface area contributed by atoms with Gasteiger partial charge in [0.2, 0.25) is 5.91 Å². The molecular formula is C11H16N2O5S. The number of hydrogen-bond acceptors (Lipinski definition) is 5. The number of rotatable bonds is 3. The van der Waals surface area contributed by atoms with Gasteiger partial charge in [0.15, 0.2) is 0 Å². The lowest BCUT2D eigenvalue weighted by Gasteiger charge is -2.51. The number of fused-ring (bicyclic) bond motifs is 1. The van der Waals surface area contributed by atoms with Crippen molar-refractivity contribution in [3.8, 4) is 0 Å². The van der Waals surface area contributed by atoms with Crippen LogP contribution in [0.3, 0.4) is 0 Å². The lowest BCUT2D eigenvalue weighted by atomic mass is 9.93. The Kier molecular flexibility index (Phi) is 3.06. The first-order chi connectivity index (χ1) is 8.67. The molecule has 2 aliphatic heterocycles.